The van der Waals surface area contributed by atoms with Gasteiger partial charge in [-0.25, -0.2) is 4.79 Å². The predicted octanol–water partition coefficient (Wildman–Crippen LogP) is 1.46. The van der Waals surface area contributed by atoms with Crippen LogP contribution in [0.25, 0.3) is 0 Å². The Hall–Kier alpha value is -2.29. The molecule has 9 heteroatoms. The first kappa shape index (κ1) is 16.8. The van der Waals surface area contributed by atoms with Crippen LogP contribution in [0, 0.1) is 0 Å². The lowest BCUT2D eigenvalue weighted by Crippen LogP contribution is -2.41. The summed E-state index contributed by atoms with van der Waals surface area (Å²) >= 11 is 3.24. The van der Waals surface area contributed by atoms with Gasteiger partial charge in [-0.15, -0.1) is 0 Å². The lowest BCUT2D eigenvalue weighted by Gasteiger charge is -2.19. The third-order valence-corrected chi connectivity index (χ3v) is 2.96. The summed E-state index contributed by atoms with van der Waals surface area (Å²) in [6.45, 7) is -1.43. The number of ether oxygens (including phenoxy) is 1. The van der Waals surface area contributed by atoms with E-state index < -0.39 is 31.1 Å². The highest BCUT2D eigenvalue weighted by atomic mass is 79.9. The molecule has 0 aliphatic rings. The van der Waals surface area contributed by atoms with Crippen LogP contribution in [-0.2, 0) is 9.59 Å². The molecule has 114 valence electrons. The van der Waals surface area contributed by atoms with Crippen molar-refractivity contribution < 1.29 is 29.3 Å². The summed E-state index contributed by atoms with van der Waals surface area (Å²) < 4.78 is 5.62. The number of carbonyl (C=O) groups is 3. The Morgan fingerprint density at radius 3 is 2.24 bits per heavy atom. The largest absolute Gasteiger partial charge is 0.496 e. The van der Waals surface area contributed by atoms with Gasteiger partial charge in [-0.3, -0.25) is 9.59 Å². The number of urea groups is 1. The van der Waals surface area contributed by atoms with Crippen LogP contribution in [-0.4, -0.2) is 53.3 Å². The minimum absolute atomic E-state index is 0.369. The van der Waals surface area contributed by atoms with Gasteiger partial charge < -0.3 is 25.2 Å². The van der Waals surface area contributed by atoms with Crippen LogP contribution in [0.3, 0.4) is 0 Å². The number of carboxylic acid groups (broad SMARTS) is 2. The van der Waals surface area contributed by atoms with Gasteiger partial charge in [-0.05, 0) is 34.1 Å². The second kappa shape index (κ2) is 7.48. The smallest absolute Gasteiger partial charge is 0.323 e. The molecule has 2 amide bonds. The van der Waals surface area contributed by atoms with Gasteiger partial charge in [0.25, 0.3) is 0 Å². The number of nitrogens with one attached hydrogen (secondary N) is 1. The molecule has 0 spiro atoms. The number of carboxylic acids is 2. The number of nitrogens with zero attached hydrogens (tertiary/aromatic N) is 1. The number of benzene rings is 1. The summed E-state index contributed by atoms with van der Waals surface area (Å²) in [5.74, 6) is -2.05. The number of hydrogen-bond donors (Lipinski definition) is 3. The summed E-state index contributed by atoms with van der Waals surface area (Å²) in [6, 6.07) is 3.87. The summed E-state index contributed by atoms with van der Waals surface area (Å²) in [4.78, 5) is 33.9. The first-order valence-electron chi connectivity index (χ1n) is 5.66. The normalized spacial score (nSPS) is 9.81. The number of aliphatic carboxylic acids is 2. The average Bonchev–Trinajstić information content (AvgIpc) is 2.37. The van der Waals surface area contributed by atoms with Crippen LogP contribution >= 0.6 is 15.9 Å². The maximum absolute atomic E-state index is 11.9. The van der Waals surface area contributed by atoms with Crippen molar-refractivity contribution in [2.24, 2.45) is 0 Å². The van der Waals surface area contributed by atoms with E-state index in [1.165, 1.54) is 7.11 Å². The predicted molar refractivity (Wildman–Crippen MR) is 76.6 cm³/mol. The Balaban J connectivity index is 2.82. The van der Waals surface area contributed by atoms with Gasteiger partial charge in [0.05, 0.1) is 11.6 Å². The van der Waals surface area contributed by atoms with Crippen molar-refractivity contribution in [3.63, 3.8) is 0 Å². The van der Waals surface area contributed by atoms with Crippen molar-refractivity contribution in [2.75, 3.05) is 25.5 Å². The third-order valence-electron chi connectivity index (χ3n) is 2.34. The summed E-state index contributed by atoms with van der Waals surface area (Å²) in [6.07, 6.45) is 0. The van der Waals surface area contributed by atoms with E-state index in [1.54, 1.807) is 18.2 Å². The van der Waals surface area contributed by atoms with Crippen molar-refractivity contribution in [2.45, 2.75) is 0 Å². The zero-order chi connectivity index (χ0) is 16.0. The van der Waals surface area contributed by atoms with E-state index in [4.69, 9.17) is 14.9 Å². The van der Waals surface area contributed by atoms with E-state index in [0.29, 0.717) is 20.8 Å². The molecule has 0 atom stereocenters. The molecule has 0 unspecified atom stereocenters. The topological polar surface area (TPSA) is 116 Å². The molecule has 1 aromatic carbocycles. The molecule has 0 aliphatic carbocycles. The average molecular weight is 361 g/mol. The molecular weight excluding hydrogens is 348 g/mol. The highest BCUT2D eigenvalue weighted by Crippen LogP contribution is 2.27. The fourth-order valence-electron chi connectivity index (χ4n) is 1.47. The molecule has 21 heavy (non-hydrogen) atoms. The second-order valence-electron chi connectivity index (χ2n) is 3.92. The number of hydrogen-bond acceptors (Lipinski definition) is 4. The van der Waals surface area contributed by atoms with Crippen LogP contribution < -0.4 is 10.1 Å². The molecule has 0 fully saturated rings. The van der Waals surface area contributed by atoms with Gasteiger partial charge in [0, 0.05) is 5.69 Å². The van der Waals surface area contributed by atoms with Crippen molar-refractivity contribution in [3.8, 4) is 5.75 Å². The number of rotatable bonds is 6. The maximum Gasteiger partial charge on any atom is 0.323 e. The van der Waals surface area contributed by atoms with Gasteiger partial charge in [-0.2, -0.15) is 0 Å². The molecule has 0 bridgehead atoms. The van der Waals surface area contributed by atoms with E-state index in [0.717, 1.165) is 0 Å². The van der Waals surface area contributed by atoms with E-state index in [9.17, 15) is 14.4 Å². The number of anilines is 1. The Kier molecular flexibility index (Phi) is 5.97. The molecule has 3 N–H and O–H groups in total. The van der Waals surface area contributed by atoms with Crippen LogP contribution in [0.15, 0.2) is 22.7 Å². The zero-order valence-corrected chi connectivity index (χ0v) is 12.6. The number of carbonyl (C=O) groups excluding carboxylic acids is 1. The number of methoxy groups -OCH3 is 1. The molecule has 0 saturated carbocycles. The highest BCUT2D eigenvalue weighted by Gasteiger charge is 2.19. The molecule has 1 rings (SSSR count). The van der Waals surface area contributed by atoms with Crippen molar-refractivity contribution in [1.82, 2.24) is 4.90 Å². The van der Waals surface area contributed by atoms with Gasteiger partial charge in [0.2, 0.25) is 0 Å². The summed E-state index contributed by atoms with van der Waals surface area (Å²) in [5, 5.41) is 19.8. The molecule has 0 heterocycles. The number of halogens is 1. The Bertz CT molecular complexity index is 547. The third kappa shape index (κ3) is 5.30. The standard InChI is InChI=1S/C12H13BrN2O6/c1-21-9-3-2-7(4-8(9)13)14-12(20)15(5-10(16)17)6-11(18)19/h2-4H,5-6H2,1H3,(H,14,20)(H,16,17)(H,18,19). The zero-order valence-electron chi connectivity index (χ0n) is 11.0. The van der Waals surface area contributed by atoms with Gasteiger partial charge >= 0.3 is 18.0 Å². The molecule has 0 radical (unpaired) electrons. The summed E-state index contributed by atoms with van der Waals surface area (Å²) in [5.41, 5.74) is 0.369. The maximum atomic E-state index is 11.9. The van der Waals surface area contributed by atoms with Crippen molar-refractivity contribution in [1.29, 1.82) is 0 Å². The Morgan fingerprint density at radius 1 is 1.24 bits per heavy atom. The van der Waals surface area contributed by atoms with E-state index in [1.807, 2.05) is 0 Å². The van der Waals surface area contributed by atoms with Crippen LogP contribution in [0.5, 0.6) is 5.75 Å². The van der Waals surface area contributed by atoms with Crippen LogP contribution in [0.4, 0.5) is 10.5 Å². The van der Waals surface area contributed by atoms with E-state index >= 15 is 0 Å². The second-order valence-corrected chi connectivity index (χ2v) is 4.78. The van der Waals surface area contributed by atoms with Gasteiger partial charge in [0.1, 0.15) is 18.8 Å². The Morgan fingerprint density at radius 2 is 1.81 bits per heavy atom. The molecule has 0 saturated heterocycles. The first-order chi connectivity index (χ1) is 9.83. The van der Waals surface area contributed by atoms with E-state index in [-0.39, 0.29) is 0 Å². The molecular formula is C12H13BrN2O6. The van der Waals surface area contributed by atoms with Crippen molar-refractivity contribution >= 4 is 39.6 Å². The fourth-order valence-corrected chi connectivity index (χ4v) is 2.01. The lowest BCUT2D eigenvalue weighted by atomic mass is 10.3. The lowest BCUT2D eigenvalue weighted by molar-refractivity contribution is -0.140. The molecule has 0 aromatic heterocycles. The highest BCUT2D eigenvalue weighted by molar-refractivity contribution is 9.10. The van der Waals surface area contributed by atoms with Crippen molar-refractivity contribution in [3.05, 3.63) is 22.7 Å². The molecule has 8 nitrogen and oxygen atoms in total. The van der Waals surface area contributed by atoms with Gasteiger partial charge in [0.15, 0.2) is 0 Å². The molecule has 1 aromatic rings. The SMILES string of the molecule is COc1ccc(NC(=O)N(CC(=O)O)CC(=O)O)cc1Br. The fraction of sp³-hybridized carbons (Fsp3) is 0.250. The molecule has 0 aliphatic heterocycles. The minimum atomic E-state index is -1.30. The van der Waals surface area contributed by atoms with E-state index in [2.05, 4.69) is 21.2 Å². The van der Waals surface area contributed by atoms with Gasteiger partial charge in [-0.1, -0.05) is 0 Å². The quantitative estimate of drug-likeness (QED) is 0.707. The summed E-state index contributed by atoms with van der Waals surface area (Å²) in [7, 11) is 1.49. The number of amides is 2. The van der Waals surface area contributed by atoms with Crippen LogP contribution in [0.1, 0.15) is 0 Å². The first-order valence-corrected chi connectivity index (χ1v) is 6.46. The minimum Gasteiger partial charge on any atom is -0.496 e. The Labute approximate surface area is 128 Å². The monoisotopic (exact) mass is 360 g/mol. The van der Waals surface area contributed by atoms with Crippen LogP contribution in [0.2, 0.25) is 0 Å².